The molecule has 1 amide bonds. The van der Waals surface area contributed by atoms with E-state index < -0.39 is 0 Å². The predicted octanol–water partition coefficient (Wildman–Crippen LogP) is 1.89. The molecule has 1 aromatic rings. The molecular weight excluding hydrogens is 240 g/mol. The number of nitrogens with two attached hydrogens (primary N) is 1. The van der Waals surface area contributed by atoms with E-state index in [0.717, 1.165) is 25.7 Å². The topological polar surface area (TPSA) is 72.2 Å². The minimum atomic E-state index is -0.161. The van der Waals surface area contributed by atoms with Gasteiger partial charge in [-0.05, 0) is 38.7 Å². The van der Waals surface area contributed by atoms with Gasteiger partial charge in [-0.15, -0.1) is 0 Å². The molecule has 1 aromatic carbocycles. The molecule has 1 aliphatic carbocycles. The summed E-state index contributed by atoms with van der Waals surface area (Å²) in [5.74, 6) is -0.248. The molecule has 0 atom stereocenters. The van der Waals surface area contributed by atoms with Crippen molar-refractivity contribution >= 4 is 11.7 Å². The van der Waals surface area contributed by atoms with Gasteiger partial charge in [0.15, 0.2) is 5.78 Å². The maximum Gasteiger partial charge on any atom is 0.252 e. The van der Waals surface area contributed by atoms with Crippen molar-refractivity contribution in [3.05, 3.63) is 35.4 Å². The highest BCUT2D eigenvalue weighted by Crippen LogP contribution is 2.18. The van der Waals surface area contributed by atoms with Crippen LogP contribution in [-0.2, 0) is 0 Å². The SMILES string of the molecule is CC(=O)c1ccccc1C(=O)NC1CCC(N)CC1. The lowest BCUT2D eigenvalue weighted by molar-refractivity contribution is 0.0914. The van der Waals surface area contributed by atoms with Gasteiger partial charge in [-0.1, -0.05) is 18.2 Å². The summed E-state index contributed by atoms with van der Waals surface area (Å²) in [7, 11) is 0. The summed E-state index contributed by atoms with van der Waals surface area (Å²) in [6.07, 6.45) is 3.71. The Morgan fingerprint density at radius 2 is 1.68 bits per heavy atom. The molecule has 3 N–H and O–H groups in total. The van der Waals surface area contributed by atoms with E-state index in [9.17, 15) is 9.59 Å². The molecule has 0 saturated heterocycles. The maximum absolute atomic E-state index is 12.2. The Bertz CT molecular complexity index is 477. The van der Waals surface area contributed by atoms with Crippen molar-refractivity contribution in [2.24, 2.45) is 5.73 Å². The number of amides is 1. The van der Waals surface area contributed by atoms with E-state index in [0.29, 0.717) is 11.1 Å². The van der Waals surface area contributed by atoms with Crippen LogP contribution in [0.1, 0.15) is 53.3 Å². The third kappa shape index (κ3) is 3.41. The highest BCUT2D eigenvalue weighted by Gasteiger charge is 2.22. The number of Topliss-reactive ketones (excluding diaryl/α,β-unsaturated/α-hetero) is 1. The number of ketones is 1. The lowest BCUT2D eigenvalue weighted by Crippen LogP contribution is -2.40. The predicted molar refractivity (Wildman–Crippen MR) is 74.1 cm³/mol. The maximum atomic E-state index is 12.2. The minimum Gasteiger partial charge on any atom is -0.349 e. The lowest BCUT2D eigenvalue weighted by Gasteiger charge is -2.27. The highest BCUT2D eigenvalue weighted by atomic mass is 16.2. The highest BCUT2D eigenvalue weighted by molar-refractivity contribution is 6.07. The third-order valence-electron chi connectivity index (χ3n) is 3.66. The summed E-state index contributed by atoms with van der Waals surface area (Å²) in [5.41, 5.74) is 6.79. The van der Waals surface area contributed by atoms with Crippen molar-refractivity contribution in [3.8, 4) is 0 Å². The zero-order valence-corrected chi connectivity index (χ0v) is 11.2. The molecule has 0 unspecified atom stereocenters. The van der Waals surface area contributed by atoms with Gasteiger partial charge >= 0.3 is 0 Å². The van der Waals surface area contributed by atoms with Gasteiger partial charge in [0.1, 0.15) is 0 Å². The molecule has 1 fully saturated rings. The molecule has 0 heterocycles. The molecule has 4 heteroatoms. The van der Waals surface area contributed by atoms with Crippen LogP contribution < -0.4 is 11.1 Å². The standard InChI is InChI=1S/C15H20N2O2/c1-10(18)13-4-2-3-5-14(13)15(19)17-12-8-6-11(16)7-9-12/h2-5,11-12H,6-9,16H2,1H3,(H,17,19). The summed E-state index contributed by atoms with van der Waals surface area (Å²) < 4.78 is 0. The lowest BCUT2D eigenvalue weighted by atomic mass is 9.91. The molecule has 0 spiro atoms. The zero-order valence-electron chi connectivity index (χ0n) is 11.2. The fourth-order valence-corrected chi connectivity index (χ4v) is 2.51. The van der Waals surface area contributed by atoms with Gasteiger partial charge in [0.05, 0.1) is 5.56 Å². The Morgan fingerprint density at radius 1 is 1.11 bits per heavy atom. The molecule has 0 bridgehead atoms. The number of benzene rings is 1. The van der Waals surface area contributed by atoms with Gasteiger partial charge in [-0.3, -0.25) is 9.59 Å². The van der Waals surface area contributed by atoms with Crippen LogP contribution in [0.3, 0.4) is 0 Å². The first-order chi connectivity index (χ1) is 9.08. The molecule has 0 aliphatic heterocycles. The summed E-state index contributed by atoms with van der Waals surface area (Å²) in [6.45, 7) is 1.48. The second-order valence-electron chi connectivity index (χ2n) is 5.19. The van der Waals surface area contributed by atoms with E-state index >= 15 is 0 Å². The Balaban J connectivity index is 2.06. The molecule has 102 valence electrons. The number of rotatable bonds is 3. The monoisotopic (exact) mass is 260 g/mol. The van der Waals surface area contributed by atoms with E-state index in [1.54, 1.807) is 24.3 Å². The second-order valence-corrected chi connectivity index (χ2v) is 5.19. The van der Waals surface area contributed by atoms with Crippen LogP contribution in [0.25, 0.3) is 0 Å². The van der Waals surface area contributed by atoms with Gasteiger partial charge in [0.25, 0.3) is 5.91 Å². The first-order valence-corrected chi connectivity index (χ1v) is 6.74. The van der Waals surface area contributed by atoms with Crippen molar-refractivity contribution in [2.45, 2.75) is 44.7 Å². The van der Waals surface area contributed by atoms with E-state index in [4.69, 9.17) is 5.73 Å². The number of carbonyl (C=O) groups is 2. The Morgan fingerprint density at radius 3 is 2.26 bits per heavy atom. The molecule has 1 aliphatic rings. The summed E-state index contributed by atoms with van der Waals surface area (Å²) in [4.78, 5) is 23.7. The van der Waals surface area contributed by atoms with Gasteiger partial charge in [0.2, 0.25) is 0 Å². The van der Waals surface area contributed by atoms with E-state index in [1.165, 1.54) is 6.92 Å². The largest absolute Gasteiger partial charge is 0.349 e. The number of nitrogens with one attached hydrogen (secondary N) is 1. The fourth-order valence-electron chi connectivity index (χ4n) is 2.51. The summed E-state index contributed by atoms with van der Waals surface area (Å²) in [6, 6.07) is 7.37. The van der Waals surface area contributed by atoms with Gasteiger partial charge < -0.3 is 11.1 Å². The van der Waals surface area contributed by atoms with Crippen LogP contribution in [0.15, 0.2) is 24.3 Å². The zero-order chi connectivity index (χ0) is 13.8. The summed E-state index contributed by atoms with van der Waals surface area (Å²) in [5, 5.41) is 3.00. The third-order valence-corrected chi connectivity index (χ3v) is 3.66. The Hall–Kier alpha value is -1.68. The quantitative estimate of drug-likeness (QED) is 0.815. The van der Waals surface area contributed by atoms with E-state index in [1.807, 2.05) is 0 Å². The van der Waals surface area contributed by atoms with Gasteiger partial charge in [-0.25, -0.2) is 0 Å². The second kappa shape index (κ2) is 5.97. The average molecular weight is 260 g/mol. The molecule has 2 rings (SSSR count). The molecule has 4 nitrogen and oxygen atoms in total. The van der Waals surface area contributed by atoms with Crippen LogP contribution in [0, 0.1) is 0 Å². The molecule has 19 heavy (non-hydrogen) atoms. The smallest absolute Gasteiger partial charge is 0.252 e. The average Bonchev–Trinajstić information content (AvgIpc) is 2.41. The van der Waals surface area contributed by atoms with Crippen molar-refractivity contribution in [1.82, 2.24) is 5.32 Å². The molecular formula is C15H20N2O2. The van der Waals surface area contributed by atoms with E-state index in [2.05, 4.69) is 5.32 Å². The Labute approximate surface area is 113 Å². The van der Waals surface area contributed by atoms with E-state index in [-0.39, 0.29) is 23.8 Å². The first kappa shape index (κ1) is 13.7. The molecule has 0 aromatic heterocycles. The van der Waals surface area contributed by atoms with Crippen LogP contribution in [0.4, 0.5) is 0 Å². The van der Waals surface area contributed by atoms with Crippen molar-refractivity contribution in [2.75, 3.05) is 0 Å². The Kier molecular flexibility index (Phi) is 4.32. The molecule has 0 radical (unpaired) electrons. The number of hydrogen-bond acceptors (Lipinski definition) is 3. The first-order valence-electron chi connectivity index (χ1n) is 6.74. The summed E-state index contributed by atoms with van der Waals surface area (Å²) >= 11 is 0. The molecule has 1 saturated carbocycles. The van der Waals surface area contributed by atoms with Crippen molar-refractivity contribution in [1.29, 1.82) is 0 Å². The van der Waals surface area contributed by atoms with Gasteiger partial charge in [-0.2, -0.15) is 0 Å². The van der Waals surface area contributed by atoms with Crippen LogP contribution in [-0.4, -0.2) is 23.8 Å². The van der Waals surface area contributed by atoms with Crippen molar-refractivity contribution in [3.63, 3.8) is 0 Å². The van der Waals surface area contributed by atoms with Crippen molar-refractivity contribution < 1.29 is 9.59 Å². The fraction of sp³-hybridized carbons (Fsp3) is 0.467. The van der Waals surface area contributed by atoms with Crippen LogP contribution in [0.5, 0.6) is 0 Å². The van der Waals surface area contributed by atoms with Crippen LogP contribution in [0.2, 0.25) is 0 Å². The van der Waals surface area contributed by atoms with Gasteiger partial charge in [0, 0.05) is 17.6 Å². The number of carbonyl (C=O) groups excluding carboxylic acids is 2. The normalized spacial score (nSPS) is 22.8. The number of hydrogen-bond donors (Lipinski definition) is 2. The van der Waals surface area contributed by atoms with Crippen LogP contribution >= 0.6 is 0 Å². The minimum absolute atomic E-state index is 0.0867.